The van der Waals surface area contributed by atoms with Gasteiger partial charge in [-0.25, -0.2) is 0 Å². The van der Waals surface area contributed by atoms with Crippen molar-refractivity contribution in [3.8, 4) is 0 Å². The van der Waals surface area contributed by atoms with Gasteiger partial charge in [0.1, 0.15) is 5.73 Å². The summed E-state index contributed by atoms with van der Waals surface area (Å²) in [7, 11) is -0.771. The summed E-state index contributed by atoms with van der Waals surface area (Å²) in [6.45, 7) is 8.30. The monoisotopic (exact) mass is 328 g/mol. The number of esters is 1. The topological polar surface area (TPSA) is 35.5 Å². The van der Waals surface area contributed by atoms with Crippen molar-refractivity contribution in [3.63, 3.8) is 0 Å². The van der Waals surface area contributed by atoms with Gasteiger partial charge >= 0.3 is 5.97 Å². The Labute approximate surface area is 139 Å². The maximum atomic E-state index is 11.7. The highest BCUT2D eigenvalue weighted by atomic mass is 28.2. The van der Waals surface area contributed by atoms with E-state index in [9.17, 15) is 4.79 Å². The van der Waals surface area contributed by atoms with Crippen LogP contribution in [0.2, 0.25) is 0 Å². The highest BCUT2D eigenvalue weighted by molar-refractivity contribution is 6.29. The van der Waals surface area contributed by atoms with E-state index in [0.29, 0.717) is 12.5 Å². The average Bonchev–Trinajstić information content (AvgIpc) is 2.51. The van der Waals surface area contributed by atoms with Crippen molar-refractivity contribution in [2.45, 2.75) is 97.3 Å². The van der Waals surface area contributed by atoms with E-state index < -0.39 is 9.76 Å². The van der Waals surface area contributed by atoms with Crippen LogP contribution in [0.3, 0.4) is 0 Å². The smallest absolute Gasteiger partial charge is 0.305 e. The zero-order valence-electron chi connectivity index (χ0n) is 15.1. The van der Waals surface area contributed by atoms with E-state index in [4.69, 9.17) is 9.16 Å². The van der Waals surface area contributed by atoms with Crippen LogP contribution in [0.25, 0.3) is 0 Å². The second-order valence-electron chi connectivity index (χ2n) is 5.95. The molecule has 0 bridgehead atoms. The highest BCUT2D eigenvalue weighted by Gasteiger charge is 2.12. The van der Waals surface area contributed by atoms with Crippen LogP contribution >= 0.6 is 0 Å². The number of unbranched alkanes of at least 4 members (excludes halogenated alkanes) is 5. The molecule has 1 unspecified atom stereocenters. The summed E-state index contributed by atoms with van der Waals surface area (Å²) in [6.07, 6.45) is 14.3. The summed E-state index contributed by atoms with van der Waals surface area (Å²) in [5.74, 6) is -0.0536. The van der Waals surface area contributed by atoms with Crippen LogP contribution in [0.4, 0.5) is 0 Å². The van der Waals surface area contributed by atoms with Gasteiger partial charge in [-0.3, -0.25) is 4.79 Å². The summed E-state index contributed by atoms with van der Waals surface area (Å²) < 4.78 is 11.3. The van der Waals surface area contributed by atoms with Gasteiger partial charge < -0.3 is 9.16 Å². The molecule has 0 aliphatic rings. The molecule has 0 saturated carbocycles. The minimum Gasteiger partial charge on any atom is -0.464 e. The van der Waals surface area contributed by atoms with E-state index in [1.807, 2.05) is 6.92 Å². The van der Waals surface area contributed by atoms with Gasteiger partial charge in [0.2, 0.25) is 9.76 Å². The van der Waals surface area contributed by atoms with Crippen LogP contribution in [0.15, 0.2) is 12.2 Å². The van der Waals surface area contributed by atoms with Crippen LogP contribution in [-0.4, -0.2) is 27.6 Å². The number of carbonyl (C=O) groups is 1. The maximum Gasteiger partial charge on any atom is 0.305 e. The zero-order valence-corrected chi connectivity index (χ0v) is 16.5. The molecule has 0 spiro atoms. The van der Waals surface area contributed by atoms with Gasteiger partial charge in [0.15, 0.2) is 0 Å². The molecule has 0 radical (unpaired) electrons. The first kappa shape index (κ1) is 21.4. The van der Waals surface area contributed by atoms with E-state index in [2.05, 4.69) is 32.9 Å². The first-order chi connectivity index (χ1) is 10.6. The molecule has 0 aliphatic heterocycles. The Morgan fingerprint density at radius 2 is 1.73 bits per heavy atom. The number of hydrogen-bond donors (Lipinski definition) is 0. The molecule has 0 amide bonds. The van der Waals surface area contributed by atoms with E-state index in [-0.39, 0.29) is 11.7 Å². The van der Waals surface area contributed by atoms with Crippen molar-refractivity contribution >= 4 is 15.7 Å². The fraction of sp³-hybridized carbons (Fsp3) is 0.833. The molecule has 0 heterocycles. The summed E-state index contributed by atoms with van der Waals surface area (Å²) >= 11 is 0. The average molecular weight is 329 g/mol. The van der Waals surface area contributed by atoms with E-state index in [1.165, 1.54) is 25.7 Å². The van der Waals surface area contributed by atoms with Gasteiger partial charge in [0.05, 0.1) is 0 Å². The number of allylic oxidation sites excluding steroid dienone is 2. The van der Waals surface area contributed by atoms with Gasteiger partial charge in [0.25, 0.3) is 0 Å². The lowest BCUT2D eigenvalue weighted by atomic mass is 10.1. The van der Waals surface area contributed by atoms with Crippen molar-refractivity contribution in [1.82, 2.24) is 0 Å². The Kier molecular flexibility index (Phi) is 14.9. The Bertz CT molecular complexity index is 288. The summed E-state index contributed by atoms with van der Waals surface area (Å²) in [4.78, 5) is 11.7. The second kappa shape index (κ2) is 15.3. The molecule has 130 valence electrons. The summed E-state index contributed by atoms with van der Waals surface area (Å²) in [5, 5.41) is 0. The van der Waals surface area contributed by atoms with Gasteiger partial charge in [-0.1, -0.05) is 45.3 Å². The first-order valence-corrected chi connectivity index (χ1v) is 10.5. The van der Waals surface area contributed by atoms with E-state index in [0.717, 1.165) is 25.7 Å². The molecule has 0 aromatic heterocycles. The first-order valence-electron chi connectivity index (χ1n) is 9.06. The molecule has 0 aromatic rings. The molecule has 0 aliphatic carbocycles. The Hall–Kier alpha value is -0.613. The quantitative estimate of drug-likeness (QED) is 0.204. The molecule has 1 atom stereocenters. The highest BCUT2D eigenvalue weighted by Crippen LogP contribution is 2.09. The third kappa shape index (κ3) is 13.1. The van der Waals surface area contributed by atoms with E-state index in [1.54, 1.807) is 0 Å². The standard InChI is InChI=1S/C18H36O3Si/c1-5-8-9-10-11-12-13-14-15-18(19)20-16(4)22-21-17(6-2)7-3/h5,8,16-17H,6-7,9-15,22H2,1-4H3. The fourth-order valence-corrected chi connectivity index (χ4v) is 3.61. The van der Waals surface area contributed by atoms with E-state index >= 15 is 0 Å². The largest absolute Gasteiger partial charge is 0.464 e. The van der Waals surface area contributed by atoms with Crippen LogP contribution in [0.1, 0.15) is 85.5 Å². The fourth-order valence-electron chi connectivity index (χ4n) is 2.34. The second-order valence-corrected chi connectivity index (χ2v) is 7.76. The minimum absolute atomic E-state index is 0.00562. The molecule has 0 N–H and O–H groups in total. The Morgan fingerprint density at radius 1 is 1.09 bits per heavy atom. The van der Waals surface area contributed by atoms with Crippen molar-refractivity contribution < 1.29 is 14.0 Å². The van der Waals surface area contributed by atoms with Crippen molar-refractivity contribution in [2.75, 3.05) is 0 Å². The Morgan fingerprint density at radius 3 is 2.36 bits per heavy atom. The maximum absolute atomic E-state index is 11.7. The van der Waals surface area contributed by atoms with Crippen LogP contribution in [-0.2, 0) is 14.0 Å². The molecule has 3 nitrogen and oxygen atoms in total. The zero-order chi connectivity index (χ0) is 16.6. The minimum atomic E-state index is -0.771. The normalized spacial score (nSPS) is 13.5. The SMILES string of the molecule is CC=CCCCCCCCC(=O)OC(C)[SiH2]OC(CC)CC. The summed E-state index contributed by atoms with van der Waals surface area (Å²) in [5.41, 5.74) is -0.00562. The van der Waals surface area contributed by atoms with Gasteiger partial charge in [-0.2, -0.15) is 0 Å². The lowest BCUT2D eigenvalue weighted by Gasteiger charge is -2.18. The molecule has 0 saturated heterocycles. The van der Waals surface area contributed by atoms with Gasteiger partial charge in [-0.05, 0) is 46.0 Å². The number of carbonyl (C=O) groups excluding carboxylic acids is 1. The summed E-state index contributed by atoms with van der Waals surface area (Å²) in [6, 6.07) is 0. The lowest BCUT2D eigenvalue weighted by Crippen LogP contribution is -2.26. The molecule has 22 heavy (non-hydrogen) atoms. The predicted octanol–water partition coefficient (Wildman–Crippen LogP) is 4.47. The van der Waals surface area contributed by atoms with Gasteiger partial charge in [0, 0.05) is 12.5 Å². The molecule has 0 aromatic carbocycles. The molecule has 0 rings (SSSR count). The van der Waals surface area contributed by atoms with Crippen molar-refractivity contribution in [1.29, 1.82) is 0 Å². The van der Waals surface area contributed by atoms with Crippen LogP contribution < -0.4 is 0 Å². The Balaban J connectivity index is 3.52. The molecule has 0 fully saturated rings. The third-order valence-electron chi connectivity index (χ3n) is 3.80. The number of hydrogen-bond acceptors (Lipinski definition) is 3. The molecular weight excluding hydrogens is 292 g/mol. The van der Waals surface area contributed by atoms with Crippen LogP contribution in [0.5, 0.6) is 0 Å². The molecule has 4 heteroatoms. The molecular formula is C18H36O3Si. The third-order valence-corrected chi connectivity index (χ3v) is 5.10. The number of rotatable bonds is 14. The van der Waals surface area contributed by atoms with Crippen molar-refractivity contribution in [2.24, 2.45) is 0 Å². The predicted molar refractivity (Wildman–Crippen MR) is 96.7 cm³/mol. The lowest BCUT2D eigenvalue weighted by molar-refractivity contribution is -0.145. The van der Waals surface area contributed by atoms with Crippen molar-refractivity contribution in [3.05, 3.63) is 12.2 Å². The van der Waals surface area contributed by atoms with Crippen LogP contribution in [0, 0.1) is 0 Å². The number of ether oxygens (including phenoxy) is 1. The van der Waals surface area contributed by atoms with Gasteiger partial charge in [-0.15, -0.1) is 0 Å².